The van der Waals surface area contributed by atoms with Gasteiger partial charge in [-0.05, 0) is 34.5 Å². The van der Waals surface area contributed by atoms with Gasteiger partial charge in [0.1, 0.15) is 13.2 Å². The molecule has 0 saturated heterocycles. The zero-order valence-electron chi connectivity index (χ0n) is 7.17. The molecule has 0 aliphatic rings. The molecule has 0 aliphatic carbocycles. The molecule has 0 unspecified atom stereocenters. The first-order chi connectivity index (χ1) is 6.19. The van der Waals surface area contributed by atoms with E-state index in [2.05, 4.69) is 25.9 Å². The fourth-order valence-corrected chi connectivity index (χ4v) is 2.54. The van der Waals surface area contributed by atoms with Gasteiger partial charge in [-0.2, -0.15) is 5.26 Å². The van der Waals surface area contributed by atoms with Crippen LogP contribution in [0.4, 0.5) is 0 Å². The molecule has 0 aromatic carbocycles. The summed E-state index contributed by atoms with van der Waals surface area (Å²) in [6.45, 7) is 1.93. The standard InChI is InChI=1S/C8H7BrN2OS/c1-5-3-7(9)13-8(5)6(4-10)11-12-2/h3H,1-2H3. The Kier molecular flexibility index (Phi) is 3.46. The number of thiophene rings is 1. The molecular formula is C8H7BrN2OS. The first-order valence-electron chi connectivity index (χ1n) is 3.46. The van der Waals surface area contributed by atoms with Crippen molar-refractivity contribution in [2.24, 2.45) is 5.16 Å². The Labute approximate surface area is 88.8 Å². The number of hydrogen-bond acceptors (Lipinski definition) is 4. The maximum atomic E-state index is 8.77. The topological polar surface area (TPSA) is 45.4 Å². The molecule has 1 aromatic rings. The zero-order valence-corrected chi connectivity index (χ0v) is 9.57. The van der Waals surface area contributed by atoms with Crippen LogP contribution in [0.25, 0.3) is 0 Å². The van der Waals surface area contributed by atoms with Crippen LogP contribution in [0.3, 0.4) is 0 Å². The van der Waals surface area contributed by atoms with Gasteiger partial charge in [0.05, 0.1) is 8.66 Å². The minimum absolute atomic E-state index is 0.315. The first-order valence-corrected chi connectivity index (χ1v) is 5.07. The first kappa shape index (κ1) is 10.2. The van der Waals surface area contributed by atoms with E-state index in [1.807, 2.05) is 19.1 Å². The second-order valence-electron chi connectivity index (χ2n) is 2.30. The third kappa shape index (κ3) is 2.29. The fourth-order valence-electron chi connectivity index (χ4n) is 0.882. The third-order valence-electron chi connectivity index (χ3n) is 1.39. The highest BCUT2D eigenvalue weighted by molar-refractivity contribution is 9.11. The maximum absolute atomic E-state index is 8.77. The number of nitriles is 1. The van der Waals surface area contributed by atoms with Crippen LogP contribution in [0.2, 0.25) is 0 Å². The van der Waals surface area contributed by atoms with Crippen LogP contribution in [-0.2, 0) is 4.84 Å². The van der Waals surface area contributed by atoms with Crippen molar-refractivity contribution < 1.29 is 4.84 Å². The number of hydrogen-bond donors (Lipinski definition) is 0. The highest BCUT2D eigenvalue weighted by Gasteiger charge is 2.10. The van der Waals surface area contributed by atoms with Crippen molar-refractivity contribution in [3.63, 3.8) is 0 Å². The number of oxime groups is 1. The van der Waals surface area contributed by atoms with E-state index in [-0.39, 0.29) is 0 Å². The van der Waals surface area contributed by atoms with E-state index >= 15 is 0 Å². The van der Waals surface area contributed by atoms with E-state index in [1.54, 1.807) is 0 Å². The maximum Gasteiger partial charge on any atom is 0.197 e. The van der Waals surface area contributed by atoms with Gasteiger partial charge in [-0.1, -0.05) is 5.16 Å². The quantitative estimate of drug-likeness (QED) is 0.605. The lowest BCUT2D eigenvalue weighted by Gasteiger charge is -1.93. The smallest absolute Gasteiger partial charge is 0.197 e. The summed E-state index contributed by atoms with van der Waals surface area (Å²) in [5, 5.41) is 12.4. The molecule has 1 aromatic heterocycles. The Morgan fingerprint density at radius 3 is 2.85 bits per heavy atom. The normalized spacial score (nSPS) is 11.1. The van der Waals surface area contributed by atoms with E-state index in [9.17, 15) is 0 Å². The molecule has 1 rings (SSSR count). The molecule has 5 heteroatoms. The Morgan fingerprint density at radius 1 is 1.77 bits per heavy atom. The van der Waals surface area contributed by atoms with E-state index in [0.717, 1.165) is 14.2 Å². The van der Waals surface area contributed by atoms with Gasteiger partial charge in [0.2, 0.25) is 0 Å². The van der Waals surface area contributed by atoms with Gasteiger partial charge < -0.3 is 4.84 Å². The molecule has 0 atom stereocenters. The van der Waals surface area contributed by atoms with Crippen molar-refractivity contribution in [1.82, 2.24) is 0 Å². The molecule has 0 bridgehead atoms. The van der Waals surface area contributed by atoms with Gasteiger partial charge in [0.15, 0.2) is 5.71 Å². The second kappa shape index (κ2) is 4.40. The monoisotopic (exact) mass is 258 g/mol. The second-order valence-corrected chi connectivity index (χ2v) is 4.73. The predicted octanol–water partition coefficient (Wildman–Crippen LogP) is 2.69. The zero-order chi connectivity index (χ0) is 9.84. The van der Waals surface area contributed by atoms with Gasteiger partial charge in [0.25, 0.3) is 0 Å². The van der Waals surface area contributed by atoms with Crippen molar-refractivity contribution in [1.29, 1.82) is 5.26 Å². The van der Waals surface area contributed by atoms with Crippen LogP contribution in [0.1, 0.15) is 10.4 Å². The molecule has 13 heavy (non-hydrogen) atoms. The summed E-state index contributed by atoms with van der Waals surface area (Å²) in [4.78, 5) is 5.41. The van der Waals surface area contributed by atoms with Crippen LogP contribution in [0.5, 0.6) is 0 Å². The number of halogens is 1. The number of nitrogens with zero attached hydrogens (tertiary/aromatic N) is 2. The van der Waals surface area contributed by atoms with Crippen molar-refractivity contribution in [3.8, 4) is 6.07 Å². The average molecular weight is 259 g/mol. The van der Waals surface area contributed by atoms with Gasteiger partial charge in [-0.25, -0.2) is 0 Å². The van der Waals surface area contributed by atoms with Gasteiger partial charge in [0, 0.05) is 0 Å². The molecule has 3 nitrogen and oxygen atoms in total. The highest BCUT2D eigenvalue weighted by Crippen LogP contribution is 2.27. The number of rotatable bonds is 2. The summed E-state index contributed by atoms with van der Waals surface area (Å²) in [5.41, 5.74) is 1.34. The van der Waals surface area contributed by atoms with E-state index < -0.39 is 0 Å². The van der Waals surface area contributed by atoms with Crippen molar-refractivity contribution in [3.05, 3.63) is 20.3 Å². The predicted molar refractivity (Wildman–Crippen MR) is 55.9 cm³/mol. The Balaban J connectivity index is 3.14. The van der Waals surface area contributed by atoms with Crippen LogP contribution in [0.15, 0.2) is 15.0 Å². The lowest BCUT2D eigenvalue weighted by atomic mass is 10.2. The summed E-state index contributed by atoms with van der Waals surface area (Å²) in [5.74, 6) is 0. The largest absolute Gasteiger partial charge is 0.398 e. The highest BCUT2D eigenvalue weighted by atomic mass is 79.9. The summed E-state index contributed by atoms with van der Waals surface area (Å²) in [6, 6.07) is 3.93. The molecule has 0 fully saturated rings. The summed E-state index contributed by atoms with van der Waals surface area (Å²) in [6.07, 6.45) is 0. The molecule has 0 amide bonds. The van der Waals surface area contributed by atoms with Crippen LogP contribution in [0, 0.1) is 18.3 Å². The summed E-state index contributed by atoms with van der Waals surface area (Å²) < 4.78 is 0.985. The third-order valence-corrected chi connectivity index (χ3v) is 3.14. The van der Waals surface area contributed by atoms with Crippen molar-refractivity contribution >= 4 is 33.0 Å². The Hall–Kier alpha value is -0.860. The molecule has 0 aliphatic heterocycles. The molecular weight excluding hydrogens is 252 g/mol. The van der Waals surface area contributed by atoms with E-state index in [1.165, 1.54) is 18.4 Å². The molecule has 0 N–H and O–H groups in total. The van der Waals surface area contributed by atoms with Crippen molar-refractivity contribution in [2.45, 2.75) is 6.92 Å². The fraction of sp³-hybridized carbons (Fsp3) is 0.250. The molecule has 1 heterocycles. The number of aryl methyl sites for hydroxylation is 1. The molecule has 0 saturated carbocycles. The van der Waals surface area contributed by atoms with Gasteiger partial charge >= 0.3 is 0 Å². The SMILES string of the molecule is CON=C(C#N)c1sc(Br)cc1C. The lowest BCUT2D eigenvalue weighted by Crippen LogP contribution is -1.96. The summed E-state index contributed by atoms with van der Waals surface area (Å²) in [7, 11) is 1.43. The lowest BCUT2D eigenvalue weighted by molar-refractivity contribution is 0.214. The van der Waals surface area contributed by atoms with E-state index in [0.29, 0.717) is 5.71 Å². The Morgan fingerprint density at radius 2 is 2.46 bits per heavy atom. The average Bonchev–Trinajstić information content (AvgIpc) is 2.41. The molecule has 0 spiro atoms. The molecule has 68 valence electrons. The van der Waals surface area contributed by atoms with Gasteiger partial charge in [-0.3, -0.25) is 0 Å². The van der Waals surface area contributed by atoms with E-state index in [4.69, 9.17) is 5.26 Å². The summed E-state index contributed by atoms with van der Waals surface area (Å²) >= 11 is 4.82. The van der Waals surface area contributed by atoms with Crippen LogP contribution >= 0.6 is 27.3 Å². The van der Waals surface area contributed by atoms with Gasteiger partial charge in [-0.15, -0.1) is 11.3 Å². The minimum atomic E-state index is 0.315. The van der Waals surface area contributed by atoms with Crippen molar-refractivity contribution in [2.75, 3.05) is 7.11 Å². The van der Waals surface area contributed by atoms with Crippen LogP contribution in [-0.4, -0.2) is 12.8 Å². The Bertz CT molecular complexity index is 378. The minimum Gasteiger partial charge on any atom is -0.398 e. The molecule has 0 radical (unpaired) electrons. The van der Waals surface area contributed by atoms with Crippen LogP contribution < -0.4 is 0 Å².